The Labute approximate surface area is 206 Å². The number of ether oxygens (including phenoxy) is 3. The molecule has 0 amide bonds. The molecule has 176 valence electrons. The third kappa shape index (κ3) is 5.81. The largest absolute Gasteiger partial charge is 0.497 e. The van der Waals surface area contributed by atoms with E-state index < -0.39 is 20.0 Å². The SMILES string of the molecule is COc1ccc(NS(=O)(=O)c2ccc(NS(=O)(=O)c3ccc(OC)c(I)c3)cc2)c(OC)c1. The average molecular weight is 604 g/mol. The molecule has 3 aromatic rings. The fourth-order valence-corrected chi connectivity index (χ4v) is 5.92. The molecule has 3 rings (SSSR count). The van der Waals surface area contributed by atoms with E-state index in [-0.39, 0.29) is 26.9 Å². The molecule has 0 radical (unpaired) electrons. The quantitative estimate of drug-likeness (QED) is 0.356. The van der Waals surface area contributed by atoms with E-state index in [4.69, 9.17) is 14.2 Å². The Bertz CT molecular complexity index is 1360. The van der Waals surface area contributed by atoms with E-state index in [0.29, 0.717) is 15.1 Å². The van der Waals surface area contributed by atoms with Crippen molar-refractivity contribution >= 4 is 54.0 Å². The molecule has 0 spiro atoms. The highest BCUT2D eigenvalue weighted by molar-refractivity contribution is 14.1. The number of anilines is 2. The molecule has 2 N–H and O–H groups in total. The first-order chi connectivity index (χ1) is 15.6. The van der Waals surface area contributed by atoms with Crippen LogP contribution in [0.1, 0.15) is 0 Å². The first-order valence-corrected chi connectivity index (χ1v) is 13.4. The van der Waals surface area contributed by atoms with E-state index in [2.05, 4.69) is 9.44 Å². The smallest absolute Gasteiger partial charge is 0.262 e. The van der Waals surface area contributed by atoms with Crippen molar-refractivity contribution in [3.8, 4) is 17.2 Å². The monoisotopic (exact) mass is 604 g/mol. The van der Waals surface area contributed by atoms with E-state index >= 15 is 0 Å². The fraction of sp³-hybridized carbons (Fsp3) is 0.143. The van der Waals surface area contributed by atoms with Crippen LogP contribution in [0.25, 0.3) is 0 Å². The number of hydrogen-bond donors (Lipinski definition) is 2. The third-order valence-corrected chi connectivity index (χ3v) is 8.11. The molecule has 0 unspecified atom stereocenters. The van der Waals surface area contributed by atoms with Gasteiger partial charge in [-0.15, -0.1) is 0 Å². The number of methoxy groups -OCH3 is 3. The van der Waals surface area contributed by atoms with Crippen molar-refractivity contribution in [2.75, 3.05) is 30.8 Å². The van der Waals surface area contributed by atoms with Gasteiger partial charge in [0.1, 0.15) is 17.2 Å². The molecular weight excluding hydrogens is 583 g/mol. The van der Waals surface area contributed by atoms with Gasteiger partial charge in [0, 0.05) is 11.8 Å². The average Bonchev–Trinajstić information content (AvgIpc) is 2.79. The lowest BCUT2D eigenvalue weighted by Crippen LogP contribution is -2.15. The topological polar surface area (TPSA) is 120 Å². The van der Waals surface area contributed by atoms with Gasteiger partial charge in [0.2, 0.25) is 0 Å². The van der Waals surface area contributed by atoms with Crippen LogP contribution < -0.4 is 23.7 Å². The van der Waals surface area contributed by atoms with Gasteiger partial charge in [-0.1, -0.05) is 0 Å². The summed E-state index contributed by atoms with van der Waals surface area (Å²) in [7, 11) is -3.43. The van der Waals surface area contributed by atoms with Gasteiger partial charge in [0.25, 0.3) is 20.0 Å². The van der Waals surface area contributed by atoms with Crippen LogP contribution in [0.4, 0.5) is 11.4 Å². The molecule has 0 heterocycles. The predicted octanol–water partition coefficient (Wildman–Crippen LogP) is 3.92. The van der Waals surface area contributed by atoms with E-state index in [0.717, 1.165) is 0 Å². The second-order valence-electron chi connectivity index (χ2n) is 6.60. The van der Waals surface area contributed by atoms with Gasteiger partial charge in [-0.2, -0.15) is 0 Å². The molecular formula is C21H21IN2O7S2. The minimum Gasteiger partial charge on any atom is -0.497 e. The molecule has 0 aliphatic heterocycles. The van der Waals surface area contributed by atoms with Gasteiger partial charge in [0.15, 0.2) is 0 Å². The molecule has 0 bridgehead atoms. The Morgan fingerprint density at radius 1 is 0.667 bits per heavy atom. The maximum absolute atomic E-state index is 12.8. The van der Waals surface area contributed by atoms with E-state index in [1.54, 1.807) is 18.2 Å². The molecule has 0 aliphatic carbocycles. The summed E-state index contributed by atoms with van der Waals surface area (Å²) in [4.78, 5) is -0.0000181. The van der Waals surface area contributed by atoms with Gasteiger partial charge >= 0.3 is 0 Å². The highest BCUT2D eigenvalue weighted by Crippen LogP contribution is 2.31. The number of benzene rings is 3. The van der Waals surface area contributed by atoms with Crippen molar-refractivity contribution in [2.45, 2.75) is 9.79 Å². The van der Waals surface area contributed by atoms with Gasteiger partial charge < -0.3 is 14.2 Å². The number of halogens is 1. The first-order valence-electron chi connectivity index (χ1n) is 9.31. The summed E-state index contributed by atoms with van der Waals surface area (Å²) in [6.07, 6.45) is 0. The number of rotatable bonds is 9. The molecule has 0 atom stereocenters. The normalized spacial score (nSPS) is 11.5. The van der Waals surface area contributed by atoms with E-state index in [9.17, 15) is 16.8 Å². The van der Waals surface area contributed by atoms with E-state index in [1.165, 1.54) is 63.8 Å². The second-order valence-corrected chi connectivity index (χ2v) is 11.1. The Hall–Kier alpha value is -2.71. The molecule has 33 heavy (non-hydrogen) atoms. The maximum Gasteiger partial charge on any atom is 0.262 e. The van der Waals surface area contributed by atoms with Crippen molar-refractivity contribution < 1.29 is 31.0 Å². The first kappa shape index (κ1) is 24.9. The summed E-state index contributed by atoms with van der Waals surface area (Å²) in [5, 5.41) is 0. The minimum absolute atomic E-state index is 0.0534. The Kier molecular flexibility index (Phi) is 7.59. The van der Waals surface area contributed by atoms with Crippen LogP contribution in [0.5, 0.6) is 17.2 Å². The molecule has 0 aliphatic rings. The molecule has 0 saturated carbocycles. The lowest BCUT2D eigenvalue weighted by Gasteiger charge is -2.14. The molecule has 0 aromatic heterocycles. The van der Waals surface area contributed by atoms with Crippen LogP contribution in [0.2, 0.25) is 0 Å². The summed E-state index contributed by atoms with van der Waals surface area (Å²) in [5.41, 5.74) is 0.444. The predicted molar refractivity (Wildman–Crippen MR) is 133 cm³/mol. The number of sulfonamides is 2. The van der Waals surface area contributed by atoms with Gasteiger partial charge in [0.05, 0.1) is 40.4 Å². The van der Waals surface area contributed by atoms with Crippen LogP contribution in [0, 0.1) is 3.57 Å². The summed E-state index contributed by atoms with van der Waals surface area (Å²) in [5.74, 6) is 1.36. The molecule has 12 heteroatoms. The van der Waals surface area contributed by atoms with Gasteiger partial charge in [-0.05, 0) is 77.2 Å². The summed E-state index contributed by atoms with van der Waals surface area (Å²) < 4.78 is 72.0. The molecule has 0 saturated heterocycles. The highest BCUT2D eigenvalue weighted by Gasteiger charge is 2.19. The van der Waals surface area contributed by atoms with Crippen molar-refractivity contribution in [3.05, 3.63) is 64.2 Å². The van der Waals surface area contributed by atoms with Crippen molar-refractivity contribution in [3.63, 3.8) is 0 Å². The lowest BCUT2D eigenvalue weighted by molar-refractivity contribution is 0.395. The van der Waals surface area contributed by atoms with Gasteiger partial charge in [-0.25, -0.2) is 16.8 Å². The zero-order valence-electron chi connectivity index (χ0n) is 17.8. The van der Waals surface area contributed by atoms with Crippen LogP contribution in [0.15, 0.2) is 70.5 Å². The molecule has 9 nitrogen and oxygen atoms in total. The van der Waals surface area contributed by atoms with Crippen molar-refractivity contribution in [2.24, 2.45) is 0 Å². The summed E-state index contributed by atoms with van der Waals surface area (Å²) >= 11 is 1.98. The van der Waals surface area contributed by atoms with Crippen LogP contribution in [0.3, 0.4) is 0 Å². The van der Waals surface area contributed by atoms with Crippen LogP contribution in [-0.4, -0.2) is 38.2 Å². The van der Waals surface area contributed by atoms with Crippen molar-refractivity contribution in [1.29, 1.82) is 0 Å². The molecule has 3 aromatic carbocycles. The number of hydrogen-bond acceptors (Lipinski definition) is 7. The standard InChI is InChI=1S/C21H21IN2O7S2/c1-29-15-6-10-19(21(12-15)31-3)24-32(25,26)16-7-4-14(5-8-16)23-33(27,28)17-9-11-20(30-2)18(22)13-17/h4-13,23-24H,1-3H3. The maximum atomic E-state index is 12.8. The fourth-order valence-electron chi connectivity index (χ4n) is 2.82. The Morgan fingerprint density at radius 2 is 1.27 bits per heavy atom. The summed E-state index contributed by atoms with van der Waals surface area (Å²) in [6, 6.07) is 14.5. The summed E-state index contributed by atoms with van der Waals surface area (Å²) in [6.45, 7) is 0. The minimum atomic E-state index is -3.95. The zero-order valence-corrected chi connectivity index (χ0v) is 21.6. The lowest BCUT2D eigenvalue weighted by atomic mass is 10.3. The van der Waals surface area contributed by atoms with Crippen LogP contribution >= 0.6 is 22.6 Å². The van der Waals surface area contributed by atoms with Gasteiger partial charge in [-0.3, -0.25) is 9.44 Å². The van der Waals surface area contributed by atoms with Crippen molar-refractivity contribution in [1.82, 2.24) is 0 Å². The zero-order chi connectivity index (χ0) is 24.2. The number of nitrogens with one attached hydrogen (secondary N) is 2. The Balaban J connectivity index is 1.80. The third-order valence-electron chi connectivity index (χ3n) is 4.50. The second kappa shape index (κ2) is 10.1. The molecule has 0 fully saturated rings. The Morgan fingerprint density at radius 3 is 1.85 bits per heavy atom. The van der Waals surface area contributed by atoms with Crippen LogP contribution in [-0.2, 0) is 20.0 Å². The van der Waals surface area contributed by atoms with E-state index in [1.807, 2.05) is 22.6 Å². The highest BCUT2D eigenvalue weighted by atomic mass is 127.